The lowest BCUT2D eigenvalue weighted by molar-refractivity contribution is -0.120. The summed E-state index contributed by atoms with van der Waals surface area (Å²) in [6.45, 7) is 0.422. The molecular weight excluding hydrogens is 286 g/mol. The molecule has 0 spiro atoms. The Balaban J connectivity index is 1.62. The first-order valence-electron chi connectivity index (χ1n) is 6.65. The summed E-state index contributed by atoms with van der Waals surface area (Å²) in [5.41, 5.74) is 2.49. The summed E-state index contributed by atoms with van der Waals surface area (Å²) in [7, 11) is 0. The highest BCUT2D eigenvalue weighted by Gasteiger charge is 2.08. The number of aromatic nitrogens is 2. The third-order valence-corrected chi connectivity index (χ3v) is 3.56. The first kappa shape index (κ1) is 13.6. The molecule has 0 radical (unpaired) electrons. The van der Waals surface area contributed by atoms with Crippen LogP contribution < -0.4 is 5.32 Å². The van der Waals surface area contributed by atoms with Gasteiger partial charge in [0.15, 0.2) is 0 Å². The van der Waals surface area contributed by atoms with Crippen LogP contribution in [0, 0.1) is 0 Å². The molecule has 0 saturated heterocycles. The molecule has 3 rings (SSSR count). The van der Waals surface area contributed by atoms with E-state index in [0.29, 0.717) is 11.6 Å². The van der Waals surface area contributed by atoms with Gasteiger partial charge in [0, 0.05) is 24.0 Å². The van der Waals surface area contributed by atoms with E-state index in [2.05, 4.69) is 10.3 Å². The van der Waals surface area contributed by atoms with Gasteiger partial charge in [-0.05, 0) is 23.8 Å². The van der Waals surface area contributed by atoms with Crippen molar-refractivity contribution in [3.63, 3.8) is 0 Å². The number of hydrogen-bond donors (Lipinski definition) is 1. The van der Waals surface area contributed by atoms with Crippen LogP contribution in [0.2, 0.25) is 5.02 Å². The zero-order valence-electron chi connectivity index (χ0n) is 11.3. The molecule has 1 amide bonds. The first-order valence-corrected chi connectivity index (χ1v) is 7.03. The van der Waals surface area contributed by atoms with Gasteiger partial charge in [-0.3, -0.25) is 4.79 Å². The fourth-order valence-electron chi connectivity index (χ4n) is 2.13. The van der Waals surface area contributed by atoms with Gasteiger partial charge in [-0.1, -0.05) is 35.9 Å². The van der Waals surface area contributed by atoms with Crippen molar-refractivity contribution in [2.24, 2.45) is 0 Å². The van der Waals surface area contributed by atoms with Crippen LogP contribution in [0.4, 0.5) is 0 Å². The zero-order valence-corrected chi connectivity index (χ0v) is 12.0. The van der Waals surface area contributed by atoms with Crippen molar-refractivity contribution in [2.75, 3.05) is 0 Å². The topological polar surface area (TPSA) is 46.4 Å². The lowest BCUT2D eigenvalue weighted by Gasteiger charge is -2.05. The highest BCUT2D eigenvalue weighted by Crippen LogP contribution is 2.14. The monoisotopic (exact) mass is 299 g/mol. The van der Waals surface area contributed by atoms with Crippen LogP contribution >= 0.6 is 11.6 Å². The van der Waals surface area contributed by atoms with Crippen molar-refractivity contribution in [1.29, 1.82) is 0 Å². The summed E-state index contributed by atoms with van der Waals surface area (Å²) in [5, 5.41) is 3.52. The Morgan fingerprint density at radius 2 is 2.00 bits per heavy atom. The van der Waals surface area contributed by atoms with E-state index in [-0.39, 0.29) is 12.3 Å². The van der Waals surface area contributed by atoms with E-state index in [1.54, 1.807) is 0 Å². The molecule has 0 aliphatic rings. The van der Waals surface area contributed by atoms with Crippen LogP contribution in [0.5, 0.6) is 0 Å². The van der Waals surface area contributed by atoms with E-state index in [1.165, 1.54) is 0 Å². The highest BCUT2D eigenvalue weighted by molar-refractivity contribution is 6.31. The lowest BCUT2D eigenvalue weighted by Crippen LogP contribution is -2.24. The molecule has 21 heavy (non-hydrogen) atoms. The van der Waals surface area contributed by atoms with E-state index in [4.69, 9.17) is 11.6 Å². The summed E-state index contributed by atoms with van der Waals surface area (Å²) in [5.74, 6) is -0.0710. The molecule has 4 nitrogen and oxygen atoms in total. The van der Waals surface area contributed by atoms with E-state index in [9.17, 15) is 4.79 Å². The van der Waals surface area contributed by atoms with Crippen LogP contribution in [0.1, 0.15) is 11.3 Å². The number of amides is 1. The van der Waals surface area contributed by atoms with Gasteiger partial charge in [-0.2, -0.15) is 0 Å². The van der Waals surface area contributed by atoms with Gasteiger partial charge in [0.25, 0.3) is 0 Å². The molecule has 0 aliphatic carbocycles. The number of nitrogens with zero attached hydrogens (tertiary/aromatic N) is 2. The Hall–Kier alpha value is -2.33. The molecule has 3 aromatic rings. The minimum atomic E-state index is -0.0710. The molecular formula is C16H14ClN3O. The summed E-state index contributed by atoms with van der Waals surface area (Å²) in [6, 6.07) is 13.2. The predicted octanol–water partition coefficient (Wildman–Crippen LogP) is 2.85. The van der Waals surface area contributed by atoms with Crippen molar-refractivity contribution in [2.45, 2.75) is 13.0 Å². The number of halogens is 1. The molecule has 0 unspecified atom stereocenters. The maximum absolute atomic E-state index is 12.0. The Bertz CT molecular complexity index is 749. The second-order valence-electron chi connectivity index (χ2n) is 4.74. The molecule has 1 N–H and O–H groups in total. The van der Waals surface area contributed by atoms with Crippen molar-refractivity contribution >= 4 is 23.2 Å². The van der Waals surface area contributed by atoms with Crippen molar-refractivity contribution in [1.82, 2.24) is 14.7 Å². The van der Waals surface area contributed by atoms with Gasteiger partial charge >= 0.3 is 0 Å². The van der Waals surface area contributed by atoms with E-state index in [1.807, 2.05) is 59.3 Å². The predicted molar refractivity (Wildman–Crippen MR) is 82.2 cm³/mol. The minimum absolute atomic E-state index is 0.0710. The molecule has 0 atom stereocenters. The van der Waals surface area contributed by atoms with Gasteiger partial charge in [-0.25, -0.2) is 4.98 Å². The third-order valence-electron chi connectivity index (χ3n) is 3.19. The molecule has 2 aromatic heterocycles. The van der Waals surface area contributed by atoms with E-state index in [0.717, 1.165) is 16.9 Å². The highest BCUT2D eigenvalue weighted by atomic mass is 35.5. The maximum Gasteiger partial charge on any atom is 0.226 e. The number of fused-ring (bicyclic) bond motifs is 1. The second kappa shape index (κ2) is 5.97. The number of hydrogen-bond acceptors (Lipinski definition) is 2. The average Bonchev–Trinajstić information content (AvgIpc) is 2.88. The van der Waals surface area contributed by atoms with Crippen molar-refractivity contribution in [3.8, 4) is 0 Å². The molecule has 1 aromatic carbocycles. The number of rotatable bonds is 4. The van der Waals surface area contributed by atoms with Crippen LogP contribution in [-0.2, 0) is 17.8 Å². The normalized spacial score (nSPS) is 10.7. The number of nitrogens with one attached hydrogen (secondary N) is 1. The number of carbonyl (C=O) groups excluding carboxylic acids is 1. The quantitative estimate of drug-likeness (QED) is 0.805. The third kappa shape index (κ3) is 3.23. The van der Waals surface area contributed by atoms with Crippen molar-refractivity contribution in [3.05, 3.63) is 71.1 Å². The molecule has 2 heterocycles. The van der Waals surface area contributed by atoms with Crippen LogP contribution in [0.3, 0.4) is 0 Å². The number of carbonyl (C=O) groups is 1. The fraction of sp³-hybridized carbons (Fsp3) is 0.125. The number of pyridine rings is 1. The lowest BCUT2D eigenvalue weighted by atomic mass is 10.2. The SMILES string of the molecule is O=C(Cc1cn2ccccc2n1)NCc1ccccc1Cl. The smallest absolute Gasteiger partial charge is 0.226 e. The van der Waals surface area contributed by atoms with E-state index < -0.39 is 0 Å². The van der Waals surface area contributed by atoms with Gasteiger partial charge in [0.2, 0.25) is 5.91 Å². The van der Waals surface area contributed by atoms with Crippen LogP contribution in [0.15, 0.2) is 54.9 Å². The van der Waals surface area contributed by atoms with Gasteiger partial charge in [0.05, 0.1) is 12.1 Å². The summed E-state index contributed by atoms with van der Waals surface area (Å²) < 4.78 is 1.90. The van der Waals surface area contributed by atoms with Crippen LogP contribution in [0.25, 0.3) is 5.65 Å². The molecule has 0 bridgehead atoms. The Labute approximate surface area is 127 Å². The molecule has 0 saturated carbocycles. The first-order chi connectivity index (χ1) is 10.2. The minimum Gasteiger partial charge on any atom is -0.352 e. The summed E-state index contributed by atoms with van der Waals surface area (Å²) >= 11 is 6.05. The maximum atomic E-state index is 12.0. The van der Waals surface area contributed by atoms with Crippen LogP contribution in [-0.4, -0.2) is 15.3 Å². The van der Waals surface area contributed by atoms with Crippen molar-refractivity contribution < 1.29 is 4.79 Å². The number of imidazole rings is 1. The molecule has 106 valence electrons. The molecule has 5 heteroatoms. The molecule has 0 fully saturated rings. The summed E-state index contributed by atoms with van der Waals surface area (Å²) in [6.07, 6.45) is 4.03. The Morgan fingerprint density at radius 1 is 1.19 bits per heavy atom. The zero-order chi connectivity index (χ0) is 14.7. The fourth-order valence-corrected chi connectivity index (χ4v) is 2.34. The van der Waals surface area contributed by atoms with Gasteiger partial charge in [0.1, 0.15) is 5.65 Å². The summed E-state index contributed by atoms with van der Waals surface area (Å²) in [4.78, 5) is 16.4. The molecule has 0 aliphatic heterocycles. The van der Waals surface area contributed by atoms with E-state index >= 15 is 0 Å². The Morgan fingerprint density at radius 3 is 2.81 bits per heavy atom. The average molecular weight is 300 g/mol. The number of benzene rings is 1. The largest absolute Gasteiger partial charge is 0.352 e. The standard InChI is InChI=1S/C16H14ClN3O/c17-14-6-2-1-5-12(14)10-18-16(21)9-13-11-20-8-4-3-7-15(20)19-13/h1-8,11H,9-10H2,(H,18,21). The van der Waals surface area contributed by atoms with Gasteiger partial charge < -0.3 is 9.72 Å². The second-order valence-corrected chi connectivity index (χ2v) is 5.15. The van der Waals surface area contributed by atoms with Gasteiger partial charge in [-0.15, -0.1) is 0 Å². The Kier molecular flexibility index (Phi) is 3.88.